The largest absolute Gasteiger partial charge is 0.341 e. The van der Waals surface area contributed by atoms with E-state index in [1.807, 2.05) is 48.9 Å². The molecule has 0 saturated carbocycles. The molecular weight excluding hydrogens is 438 g/mol. The van der Waals surface area contributed by atoms with Crippen molar-refractivity contribution < 1.29 is 22.0 Å². The van der Waals surface area contributed by atoms with Crippen molar-refractivity contribution in [2.75, 3.05) is 13.6 Å². The Hall–Kier alpha value is -3.11. The van der Waals surface area contributed by atoms with Gasteiger partial charge in [0.2, 0.25) is 15.9 Å². The van der Waals surface area contributed by atoms with Gasteiger partial charge in [-0.2, -0.15) is 5.10 Å². The van der Waals surface area contributed by atoms with Gasteiger partial charge in [0.1, 0.15) is 0 Å². The van der Waals surface area contributed by atoms with Gasteiger partial charge < -0.3 is 4.90 Å². The van der Waals surface area contributed by atoms with Crippen LogP contribution in [0.2, 0.25) is 0 Å². The summed E-state index contributed by atoms with van der Waals surface area (Å²) < 4.78 is 54.8. The van der Waals surface area contributed by atoms with Crippen LogP contribution < -0.4 is 4.72 Å². The van der Waals surface area contributed by atoms with E-state index in [0.29, 0.717) is 12.6 Å². The van der Waals surface area contributed by atoms with Crippen molar-refractivity contribution in [1.29, 1.82) is 0 Å². The van der Waals surface area contributed by atoms with E-state index in [-0.39, 0.29) is 18.9 Å². The smallest absolute Gasteiger partial charge is 0.240 e. The zero-order valence-corrected chi connectivity index (χ0v) is 18.8. The maximum absolute atomic E-state index is 13.3. The van der Waals surface area contributed by atoms with Crippen LogP contribution in [0.5, 0.6) is 0 Å². The third-order valence-corrected chi connectivity index (χ3v) is 6.55. The number of halogens is 2. The molecular formula is C22H24F2N4O3S. The van der Waals surface area contributed by atoms with Gasteiger partial charge in [-0.15, -0.1) is 0 Å². The van der Waals surface area contributed by atoms with Crippen LogP contribution in [0.25, 0.3) is 5.69 Å². The van der Waals surface area contributed by atoms with Gasteiger partial charge in [0.25, 0.3) is 0 Å². The van der Waals surface area contributed by atoms with Crippen LogP contribution in [-0.4, -0.2) is 42.6 Å². The highest BCUT2D eigenvalue weighted by molar-refractivity contribution is 7.89. The first-order chi connectivity index (χ1) is 15.1. The summed E-state index contributed by atoms with van der Waals surface area (Å²) in [6, 6.07) is 11.9. The van der Waals surface area contributed by atoms with Gasteiger partial charge in [-0.05, 0) is 44.2 Å². The Morgan fingerprint density at radius 1 is 1.09 bits per heavy atom. The molecule has 3 rings (SSSR count). The second kappa shape index (κ2) is 9.58. The first-order valence-electron chi connectivity index (χ1n) is 9.89. The highest BCUT2D eigenvalue weighted by Gasteiger charge is 2.19. The van der Waals surface area contributed by atoms with Crippen molar-refractivity contribution in [2.45, 2.75) is 31.7 Å². The molecule has 0 atom stereocenters. The number of para-hydroxylation sites is 1. The minimum Gasteiger partial charge on any atom is -0.341 e. The van der Waals surface area contributed by atoms with Crippen molar-refractivity contribution in [3.8, 4) is 5.69 Å². The number of sulfonamides is 1. The van der Waals surface area contributed by atoms with Crippen LogP contribution in [-0.2, 0) is 21.4 Å². The van der Waals surface area contributed by atoms with E-state index in [9.17, 15) is 22.0 Å². The number of hydrogen-bond acceptors (Lipinski definition) is 4. The highest BCUT2D eigenvalue weighted by Crippen LogP contribution is 2.19. The van der Waals surface area contributed by atoms with Gasteiger partial charge in [0.15, 0.2) is 11.6 Å². The highest BCUT2D eigenvalue weighted by atomic mass is 32.2. The fourth-order valence-corrected chi connectivity index (χ4v) is 4.30. The van der Waals surface area contributed by atoms with Crippen molar-refractivity contribution >= 4 is 15.9 Å². The SMILES string of the molecule is Cc1nn(-c2ccccc2)c(C)c1CN(C)C(=O)CCNS(=O)(=O)c1ccc(F)c(F)c1. The second-order valence-electron chi connectivity index (χ2n) is 7.37. The summed E-state index contributed by atoms with van der Waals surface area (Å²) in [4.78, 5) is 13.6. The summed E-state index contributed by atoms with van der Waals surface area (Å²) in [7, 11) is -2.43. The molecule has 0 fully saturated rings. The summed E-state index contributed by atoms with van der Waals surface area (Å²) >= 11 is 0. The number of carbonyl (C=O) groups excluding carboxylic acids is 1. The minimum atomic E-state index is -4.06. The van der Waals surface area contributed by atoms with Gasteiger partial charge in [-0.25, -0.2) is 26.6 Å². The number of aromatic nitrogens is 2. The Morgan fingerprint density at radius 3 is 2.44 bits per heavy atom. The van der Waals surface area contributed by atoms with Crippen LogP contribution in [0.1, 0.15) is 23.4 Å². The van der Waals surface area contributed by atoms with E-state index in [2.05, 4.69) is 9.82 Å². The molecule has 0 spiro atoms. The lowest BCUT2D eigenvalue weighted by atomic mass is 10.2. The Bertz CT molecular complexity index is 1230. The maximum atomic E-state index is 13.3. The molecule has 32 heavy (non-hydrogen) atoms. The van der Waals surface area contributed by atoms with Gasteiger partial charge in [-0.3, -0.25) is 4.79 Å². The van der Waals surface area contributed by atoms with E-state index in [0.717, 1.165) is 34.8 Å². The van der Waals surface area contributed by atoms with Gasteiger partial charge in [-0.1, -0.05) is 18.2 Å². The topological polar surface area (TPSA) is 84.3 Å². The van der Waals surface area contributed by atoms with E-state index in [4.69, 9.17) is 0 Å². The van der Waals surface area contributed by atoms with Gasteiger partial charge in [0, 0.05) is 37.8 Å². The molecule has 3 aromatic rings. The van der Waals surface area contributed by atoms with Crippen LogP contribution in [0, 0.1) is 25.5 Å². The van der Waals surface area contributed by atoms with Crippen LogP contribution >= 0.6 is 0 Å². The number of aryl methyl sites for hydroxylation is 1. The Labute approximate surface area is 185 Å². The average molecular weight is 463 g/mol. The zero-order chi connectivity index (χ0) is 23.5. The number of hydrogen-bond donors (Lipinski definition) is 1. The average Bonchev–Trinajstić information content (AvgIpc) is 3.04. The molecule has 2 aromatic carbocycles. The zero-order valence-electron chi connectivity index (χ0n) is 18.0. The number of rotatable bonds is 8. The predicted molar refractivity (Wildman–Crippen MR) is 116 cm³/mol. The first-order valence-corrected chi connectivity index (χ1v) is 11.4. The Kier molecular flexibility index (Phi) is 7.05. The molecule has 0 saturated heterocycles. The quantitative estimate of drug-likeness (QED) is 0.558. The van der Waals surface area contributed by atoms with E-state index in [1.54, 1.807) is 7.05 Å². The number of carbonyl (C=O) groups is 1. The third kappa shape index (κ3) is 5.20. The van der Waals surface area contributed by atoms with Crippen molar-refractivity contribution in [3.05, 3.63) is 77.1 Å². The number of nitrogens with one attached hydrogen (secondary N) is 1. The third-order valence-electron chi connectivity index (χ3n) is 5.10. The molecule has 0 aliphatic heterocycles. The molecule has 1 aromatic heterocycles. The second-order valence-corrected chi connectivity index (χ2v) is 9.14. The molecule has 7 nitrogen and oxygen atoms in total. The molecule has 1 N–H and O–H groups in total. The first kappa shape index (κ1) is 23.6. The normalized spacial score (nSPS) is 11.5. The predicted octanol–water partition coefficient (Wildman–Crippen LogP) is 3.09. The molecule has 0 bridgehead atoms. The molecule has 0 unspecified atom stereocenters. The molecule has 0 radical (unpaired) electrons. The summed E-state index contributed by atoms with van der Waals surface area (Å²) in [6.45, 7) is 3.94. The lowest BCUT2D eigenvalue weighted by molar-refractivity contribution is -0.130. The molecule has 1 amide bonds. The van der Waals surface area contributed by atoms with Crippen molar-refractivity contribution in [2.24, 2.45) is 0 Å². The Balaban J connectivity index is 1.61. The van der Waals surface area contributed by atoms with E-state index < -0.39 is 26.6 Å². The molecule has 0 aliphatic carbocycles. The van der Waals surface area contributed by atoms with Crippen LogP contribution in [0.3, 0.4) is 0 Å². The molecule has 1 heterocycles. The Morgan fingerprint density at radius 2 is 1.78 bits per heavy atom. The number of nitrogens with zero attached hydrogens (tertiary/aromatic N) is 3. The van der Waals surface area contributed by atoms with E-state index in [1.165, 1.54) is 4.90 Å². The standard InChI is InChI=1S/C22H24F2N4O3S/c1-15-19(16(2)28(26-15)17-7-5-4-6-8-17)14-27(3)22(29)11-12-25-32(30,31)18-9-10-20(23)21(24)13-18/h4-10,13,25H,11-12,14H2,1-3H3. The fourth-order valence-electron chi connectivity index (χ4n) is 3.26. The van der Waals surface area contributed by atoms with Crippen molar-refractivity contribution in [3.63, 3.8) is 0 Å². The van der Waals surface area contributed by atoms with Gasteiger partial charge in [0.05, 0.1) is 16.3 Å². The fraction of sp³-hybridized carbons (Fsp3) is 0.273. The number of amides is 1. The summed E-state index contributed by atoms with van der Waals surface area (Å²) in [5.41, 5.74) is 3.53. The lowest BCUT2D eigenvalue weighted by Gasteiger charge is -2.18. The maximum Gasteiger partial charge on any atom is 0.240 e. The molecule has 170 valence electrons. The van der Waals surface area contributed by atoms with Gasteiger partial charge >= 0.3 is 0 Å². The van der Waals surface area contributed by atoms with E-state index >= 15 is 0 Å². The monoisotopic (exact) mass is 462 g/mol. The summed E-state index contributed by atoms with van der Waals surface area (Å²) in [5.74, 6) is -2.67. The summed E-state index contributed by atoms with van der Waals surface area (Å²) in [5, 5.41) is 4.56. The minimum absolute atomic E-state index is 0.0929. The molecule has 0 aliphatic rings. The van der Waals surface area contributed by atoms with Crippen LogP contribution in [0.15, 0.2) is 53.4 Å². The molecule has 10 heteroatoms. The number of benzene rings is 2. The van der Waals surface area contributed by atoms with Crippen LogP contribution in [0.4, 0.5) is 8.78 Å². The van der Waals surface area contributed by atoms with Crippen molar-refractivity contribution in [1.82, 2.24) is 19.4 Å². The summed E-state index contributed by atoms with van der Waals surface area (Å²) in [6.07, 6.45) is -0.0929. The lowest BCUT2D eigenvalue weighted by Crippen LogP contribution is -2.32.